The summed E-state index contributed by atoms with van der Waals surface area (Å²) < 4.78 is 0. The Kier molecular flexibility index (Phi) is 3.49. The maximum Gasteiger partial charge on any atom is 0.222 e. The predicted molar refractivity (Wildman–Crippen MR) is 68.8 cm³/mol. The molecule has 0 aliphatic heterocycles. The van der Waals surface area contributed by atoms with Gasteiger partial charge >= 0.3 is 0 Å². The molecule has 1 aliphatic carbocycles. The molecule has 1 heterocycles. The first kappa shape index (κ1) is 12.5. The van der Waals surface area contributed by atoms with E-state index in [1.165, 1.54) is 0 Å². The van der Waals surface area contributed by atoms with Crippen LogP contribution in [0.15, 0.2) is 6.20 Å². The Balaban J connectivity index is 1.86. The molecule has 1 fully saturated rings. The third kappa shape index (κ3) is 3.04. The second kappa shape index (κ2) is 4.74. The summed E-state index contributed by atoms with van der Waals surface area (Å²) in [6.07, 6.45) is 5.34. The van der Waals surface area contributed by atoms with Crippen molar-refractivity contribution in [2.45, 2.75) is 51.1 Å². The van der Waals surface area contributed by atoms with Gasteiger partial charge in [-0.05, 0) is 33.1 Å². The third-order valence-corrected chi connectivity index (χ3v) is 4.34. The summed E-state index contributed by atoms with van der Waals surface area (Å²) in [5.74, 6) is 0.0348. The summed E-state index contributed by atoms with van der Waals surface area (Å²) in [6, 6.07) is -0.0233. The van der Waals surface area contributed by atoms with Gasteiger partial charge in [0, 0.05) is 23.0 Å². The molecule has 1 aromatic heterocycles. The Morgan fingerprint density at radius 2 is 2.41 bits per heavy atom. The molecule has 1 atom stereocenters. The minimum absolute atomic E-state index is 0.0233. The largest absolute Gasteiger partial charge is 0.347 e. The average molecular weight is 253 g/mol. The van der Waals surface area contributed by atoms with Gasteiger partial charge in [-0.2, -0.15) is 0 Å². The highest BCUT2D eigenvalue weighted by atomic mass is 32.1. The number of carbonyl (C=O) groups is 1. The molecule has 3 N–H and O–H groups in total. The summed E-state index contributed by atoms with van der Waals surface area (Å²) in [5.41, 5.74) is 5.80. The maximum absolute atomic E-state index is 11.8. The zero-order valence-electron chi connectivity index (χ0n) is 10.3. The number of aromatic nitrogens is 1. The summed E-state index contributed by atoms with van der Waals surface area (Å²) >= 11 is 1.62. The summed E-state index contributed by atoms with van der Waals surface area (Å²) in [7, 11) is 0. The van der Waals surface area contributed by atoms with Crippen LogP contribution in [0.3, 0.4) is 0 Å². The van der Waals surface area contributed by atoms with Crippen molar-refractivity contribution >= 4 is 17.2 Å². The van der Waals surface area contributed by atoms with Crippen molar-refractivity contribution in [2.75, 3.05) is 0 Å². The second-order valence-electron chi connectivity index (χ2n) is 4.99. The molecular weight excluding hydrogens is 234 g/mol. The highest BCUT2D eigenvalue weighted by molar-refractivity contribution is 7.11. The Bertz CT molecular complexity index is 412. The van der Waals surface area contributed by atoms with Crippen molar-refractivity contribution in [2.24, 2.45) is 5.73 Å². The van der Waals surface area contributed by atoms with Crippen LogP contribution >= 0.6 is 11.3 Å². The molecule has 1 saturated carbocycles. The van der Waals surface area contributed by atoms with E-state index in [1.807, 2.05) is 20.0 Å². The van der Waals surface area contributed by atoms with Crippen molar-refractivity contribution in [3.63, 3.8) is 0 Å². The maximum atomic E-state index is 11.8. The highest BCUT2D eigenvalue weighted by Gasteiger charge is 2.34. The van der Waals surface area contributed by atoms with Gasteiger partial charge in [0.2, 0.25) is 5.91 Å². The van der Waals surface area contributed by atoms with Crippen LogP contribution in [0, 0.1) is 6.92 Å². The summed E-state index contributed by atoms with van der Waals surface area (Å²) in [5, 5.41) is 3.92. The number of rotatable bonds is 4. The van der Waals surface area contributed by atoms with Crippen molar-refractivity contribution in [3.8, 4) is 0 Å². The molecular formula is C12H19N3OS. The summed E-state index contributed by atoms with van der Waals surface area (Å²) in [4.78, 5) is 17.3. The topological polar surface area (TPSA) is 68.0 Å². The lowest BCUT2D eigenvalue weighted by Crippen LogP contribution is -2.50. The van der Waals surface area contributed by atoms with Gasteiger partial charge in [-0.25, -0.2) is 4.98 Å². The zero-order chi connectivity index (χ0) is 12.5. The van der Waals surface area contributed by atoms with Crippen LogP contribution in [-0.2, 0) is 4.79 Å². The molecule has 1 aliphatic rings. The van der Waals surface area contributed by atoms with Gasteiger partial charge < -0.3 is 11.1 Å². The zero-order valence-corrected chi connectivity index (χ0v) is 11.1. The third-order valence-electron chi connectivity index (χ3n) is 3.25. The van der Waals surface area contributed by atoms with Crippen LogP contribution in [-0.4, -0.2) is 16.4 Å². The van der Waals surface area contributed by atoms with E-state index in [0.717, 1.165) is 29.1 Å². The molecule has 0 bridgehead atoms. The Hall–Kier alpha value is -0.940. The van der Waals surface area contributed by atoms with E-state index in [4.69, 9.17) is 5.73 Å². The van der Waals surface area contributed by atoms with Crippen molar-refractivity contribution < 1.29 is 4.79 Å². The van der Waals surface area contributed by atoms with Crippen LogP contribution in [0.25, 0.3) is 0 Å². The molecule has 0 radical (unpaired) electrons. The monoisotopic (exact) mass is 253 g/mol. The fourth-order valence-corrected chi connectivity index (χ4v) is 2.83. The first-order valence-corrected chi connectivity index (χ1v) is 6.81. The van der Waals surface area contributed by atoms with Gasteiger partial charge in [-0.15, -0.1) is 11.3 Å². The SMILES string of the molecule is Cc1cnc(C(C)NC(=O)CC2(N)CCC2)s1. The predicted octanol–water partition coefficient (Wildman–Crippen LogP) is 1.90. The molecule has 4 nitrogen and oxygen atoms in total. The standard InChI is InChI=1S/C12H19N3OS/c1-8-7-14-11(17-8)9(2)15-10(16)6-12(13)4-3-5-12/h7,9H,3-6,13H2,1-2H3,(H,15,16). The summed E-state index contributed by atoms with van der Waals surface area (Å²) in [6.45, 7) is 3.97. The number of aryl methyl sites for hydroxylation is 1. The molecule has 0 saturated heterocycles. The minimum Gasteiger partial charge on any atom is -0.347 e. The number of hydrogen-bond acceptors (Lipinski definition) is 4. The van der Waals surface area contributed by atoms with Gasteiger partial charge in [-0.3, -0.25) is 4.79 Å². The number of carbonyl (C=O) groups excluding carboxylic acids is 1. The number of thiazole rings is 1. The smallest absolute Gasteiger partial charge is 0.222 e. The first-order valence-electron chi connectivity index (χ1n) is 5.99. The van der Waals surface area contributed by atoms with Gasteiger partial charge in [0.25, 0.3) is 0 Å². The molecule has 1 unspecified atom stereocenters. The van der Waals surface area contributed by atoms with Gasteiger partial charge in [0.1, 0.15) is 5.01 Å². The van der Waals surface area contributed by atoms with E-state index < -0.39 is 0 Å². The van der Waals surface area contributed by atoms with E-state index >= 15 is 0 Å². The number of nitrogens with one attached hydrogen (secondary N) is 1. The molecule has 0 spiro atoms. The lowest BCUT2D eigenvalue weighted by atomic mass is 9.75. The molecule has 0 aromatic carbocycles. The molecule has 17 heavy (non-hydrogen) atoms. The van der Waals surface area contributed by atoms with Gasteiger partial charge in [-0.1, -0.05) is 0 Å². The number of nitrogens with zero attached hydrogens (tertiary/aromatic N) is 1. The number of amides is 1. The van der Waals surface area contributed by atoms with Crippen molar-refractivity contribution in [3.05, 3.63) is 16.1 Å². The Morgan fingerprint density at radius 1 is 1.71 bits per heavy atom. The van der Waals surface area contributed by atoms with E-state index in [9.17, 15) is 4.79 Å². The van der Waals surface area contributed by atoms with Crippen LogP contribution in [0.2, 0.25) is 0 Å². The van der Waals surface area contributed by atoms with Crippen LogP contribution in [0.5, 0.6) is 0 Å². The number of nitrogens with two attached hydrogens (primary N) is 1. The first-order chi connectivity index (χ1) is 7.98. The normalized spacial score (nSPS) is 19.5. The molecule has 5 heteroatoms. The van der Waals surface area contributed by atoms with Crippen molar-refractivity contribution in [1.82, 2.24) is 10.3 Å². The van der Waals surface area contributed by atoms with Crippen LogP contribution in [0.4, 0.5) is 0 Å². The average Bonchev–Trinajstić information content (AvgIpc) is 2.62. The van der Waals surface area contributed by atoms with E-state index in [-0.39, 0.29) is 17.5 Å². The van der Waals surface area contributed by atoms with Crippen LogP contribution in [0.1, 0.15) is 48.5 Å². The van der Waals surface area contributed by atoms with E-state index in [2.05, 4.69) is 10.3 Å². The molecule has 1 amide bonds. The molecule has 94 valence electrons. The fraction of sp³-hybridized carbons (Fsp3) is 0.667. The van der Waals surface area contributed by atoms with Gasteiger partial charge in [0.15, 0.2) is 0 Å². The van der Waals surface area contributed by atoms with E-state index in [0.29, 0.717) is 6.42 Å². The number of hydrogen-bond donors (Lipinski definition) is 2. The van der Waals surface area contributed by atoms with E-state index in [1.54, 1.807) is 11.3 Å². The Labute approximate surface area is 106 Å². The lowest BCUT2D eigenvalue weighted by Gasteiger charge is -2.37. The lowest BCUT2D eigenvalue weighted by molar-refractivity contribution is -0.123. The second-order valence-corrected chi connectivity index (χ2v) is 6.26. The van der Waals surface area contributed by atoms with Crippen LogP contribution < -0.4 is 11.1 Å². The fourth-order valence-electron chi connectivity index (χ4n) is 2.05. The minimum atomic E-state index is -0.247. The molecule has 2 rings (SSSR count). The molecule has 1 aromatic rings. The van der Waals surface area contributed by atoms with Gasteiger partial charge in [0.05, 0.1) is 6.04 Å². The Morgan fingerprint density at radius 3 is 2.88 bits per heavy atom. The highest BCUT2D eigenvalue weighted by Crippen LogP contribution is 2.32. The quantitative estimate of drug-likeness (QED) is 0.861. The van der Waals surface area contributed by atoms with Crippen molar-refractivity contribution in [1.29, 1.82) is 0 Å².